The molecular formula is C33H28N2O3. The fraction of sp³-hybridized carbons (Fsp3) is 0.152. The summed E-state index contributed by atoms with van der Waals surface area (Å²) in [6, 6.07) is 26.4. The average molecular weight is 501 g/mol. The van der Waals surface area contributed by atoms with Gasteiger partial charge in [-0.2, -0.15) is 0 Å². The fourth-order valence-electron chi connectivity index (χ4n) is 5.55. The molecular weight excluding hydrogens is 472 g/mol. The first-order valence-corrected chi connectivity index (χ1v) is 12.9. The topological polar surface area (TPSA) is 71.2 Å². The van der Waals surface area contributed by atoms with Crippen LogP contribution in [0.1, 0.15) is 49.9 Å². The first-order chi connectivity index (χ1) is 18.4. The molecule has 0 atom stereocenters. The minimum atomic E-state index is -0.337. The molecule has 2 heterocycles. The molecule has 0 saturated carbocycles. The molecule has 5 heteroatoms. The molecule has 0 saturated heterocycles. The molecule has 0 radical (unpaired) electrons. The quantitative estimate of drug-likeness (QED) is 0.243. The molecule has 5 nitrogen and oxygen atoms in total. The van der Waals surface area contributed by atoms with Crippen molar-refractivity contribution < 1.29 is 14.3 Å². The van der Waals surface area contributed by atoms with Crippen LogP contribution < -0.4 is 10.1 Å². The van der Waals surface area contributed by atoms with Crippen molar-refractivity contribution in [1.29, 1.82) is 0 Å². The van der Waals surface area contributed by atoms with Crippen molar-refractivity contribution in [1.82, 2.24) is 10.3 Å². The molecule has 0 fully saturated rings. The monoisotopic (exact) mass is 500 g/mol. The number of carbonyl (C=O) groups is 2. The Morgan fingerprint density at radius 2 is 1.50 bits per heavy atom. The molecule has 2 amide bonds. The lowest BCUT2D eigenvalue weighted by Crippen LogP contribution is -2.20. The van der Waals surface area contributed by atoms with Gasteiger partial charge in [-0.25, -0.2) is 0 Å². The van der Waals surface area contributed by atoms with Crippen LogP contribution in [0.2, 0.25) is 0 Å². The van der Waals surface area contributed by atoms with Crippen LogP contribution in [0.3, 0.4) is 0 Å². The SMILES string of the molecule is CCc1c(-c2c(-c3cc(C)cc(C)c3)[nH]c3ccc(OCc4ccccc4)cc23)ccc2c1C(=O)NC2=O. The zero-order valence-corrected chi connectivity index (χ0v) is 21.6. The highest BCUT2D eigenvalue weighted by Crippen LogP contribution is 2.43. The number of nitrogens with one attached hydrogen (secondary N) is 2. The van der Waals surface area contributed by atoms with Crippen molar-refractivity contribution in [2.75, 3.05) is 0 Å². The number of benzene rings is 4. The fourth-order valence-corrected chi connectivity index (χ4v) is 5.55. The Morgan fingerprint density at radius 3 is 2.24 bits per heavy atom. The molecule has 1 aromatic heterocycles. The second kappa shape index (κ2) is 9.34. The van der Waals surface area contributed by atoms with E-state index in [4.69, 9.17) is 4.74 Å². The zero-order chi connectivity index (χ0) is 26.4. The highest BCUT2D eigenvalue weighted by atomic mass is 16.5. The summed E-state index contributed by atoms with van der Waals surface area (Å²) >= 11 is 0. The third-order valence-corrected chi connectivity index (χ3v) is 7.16. The van der Waals surface area contributed by atoms with Crippen LogP contribution >= 0.6 is 0 Å². The molecule has 0 bridgehead atoms. The van der Waals surface area contributed by atoms with Crippen LogP contribution in [0.15, 0.2) is 78.9 Å². The van der Waals surface area contributed by atoms with Gasteiger partial charge in [0.1, 0.15) is 12.4 Å². The Bertz CT molecular complexity index is 1710. The molecule has 2 N–H and O–H groups in total. The number of aryl methyl sites for hydroxylation is 2. The summed E-state index contributed by atoms with van der Waals surface area (Å²) in [4.78, 5) is 28.8. The maximum absolute atomic E-state index is 12.8. The maximum Gasteiger partial charge on any atom is 0.259 e. The highest BCUT2D eigenvalue weighted by molar-refractivity contribution is 6.23. The summed E-state index contributed by atoms with van der Waals surface area (Å²) in [7, 11) is 0. The number of aromatic amines is 1. The molecule has 6 rings (SSSR count). The minimum Gasteiger partial charge on any atom is -0.489 e. The number of hydrogen-bond acceptors (Lipinski definition) is 3. The Hall–Kier alpha value is -4.64. The van der Waals surface area contributed by atoms with Crippen LogP contribution in [0.4, 0.5) is 0 Å². The Morgan fingerprint density at radius 1 is 0.763 bits per heavy atom. The van der Waals surface area contributed by atoms with Gasteiger partial charge in [0.25, 0.3) is 11.8 Å². The number of fused-ring (bicyclic) bond motifs is 2. The van der Waals surface area contributed by atoms with E-state index in [1.165, 1.54) is 11.1 Å². The summed E-state index contributed by atoms with van der Waals surface area (Å²) in [6.07, 6.45) is 0.613. The lowest BCUT2D eigenvalue weighted by Gasteiger charge is -2.14. The molecule has 4 aromatic carbocycles. The van der Waals surface area contributed by atoms with E-state index in [1.807, 2.05) is 55.5 Å². The van der Waals surface area contributed by atoms with Crippen molar-refractivity contribution in [3.63, 3.8) is 0 Å². The van der Waals surface area contributed by atoms with E-state index < -0.39 is 0 Å². The maximum atomic E-state index is 12.8. The van der Waals surface area contributed by atoms with Gasteiger partial charge in [0.05, 0.1) is 16.8 Å². The first kappa shape index (κ1) is 23.7. The van der Waals surface area contributed by atoms with Crippen LogP contribution in [-0.4, -0.2) is 16.8 Å². The van der Waals surface area contributed by atoms with Crippen molar-refractivity contribution in [2.45, 2.75) is 33.8 Å². The van der Waals surface area contributed by atoms with E-state index in [0.717, 1.165) is 50.2 Å². The van der Waals surface area contributed by atoms with Crippen LogP contribution in [0.25, 0.3) is 33.3 Å². The van der Waals surface area contributed by atoms with Gasteiger partial charge in [-0.1, -0.05) is 60.5 Å². The number of carbonyl (C=O) groups excluding carboxylic acids is 2. The summed E-state index contributed by atoms with van der Waals surface area (Å²) in [5, 5.41) is 3.47. The molecule has 38 heavy (non-hydrogen) atoms. The molecule has 0 aliphatic carbocycles. The summed E-state index contributed by atoms with van der Waals surface area (Å²) in [5.41, 5.74) is 10.2. The second-order valence-corrected chi connectivity index (χ2v) is 9.88. The average Bonchev–Trinajstić information content (AvgIpc) is 3.43. The molecule has 1 aliphatic rings. The van der Waals surface area contributed by atoms with Gasteiger partial charge in [-0.15, -0.1) is 0 Å². The second-order valence-electron chi connectivity index (χ2n) is 9.88. The van der Waals surface area contributed by atoms with Gasteiger partial charge in [0, 0.05) is 16.5 Å². The van der Waals surface area contributed by atoms with Gasteiger partial charge in [0.15, 0.2) is 0 Å². The van der Waals surface area contributed by atoms with Gasteiger partial charge in [-0.05, 0) is 78.9 Å². The molecule has 1 aliphatic heterocycles. The normalized spacial score (nSPS) is 12.6. The number of H-pyrrole nitrogens is 1. The number of aromatic nitrogens is 1. The largest absolute Gasteiger partial charge is 0.489 e. The number of rotatable bonds is 6. The Kier molecular flexibility index (Phi) is 5.84. The number of amides is 2. The van der Waals surface area contributed by atoms with Crippen molar-refractivity contribution >= 4 is 22.7 Å². The standard InChI is InChI=1S/C33H28N2O3/c1-4-24-25(11-12-26-30(24)33(37)35-32(26)36)29-27-17-23(38-18-21-8-6-5-7-9-21)10-13-28(27)34-31(29)22-15-19(2)14-20(3)16-22/h5-17,34H,4,18H2,1-3H3,(H,35,36,37). The van der Waals surface area contributed by atoms with E-state index in [2.05, 4.69) is 48.4 Å². The van der Waals surface area contributed by atoms with Gasteiger partial charge in [0.2, 0.25) is 0 Å². The smallest absolute Gasteiger partial charge is 0.259 e. The van der Waals surface area contributed by atoms with Crippen LogP contribution in [0.5, 0.6) is 5.75 Å². The van der Waals surface area contributed by atoms with E-state index >= 15 is 0 Å². The van der Waals surface area contributed by atoms with Gasteiger partial charge < -0.3 is 9.72 Å². The number of hydrogen-bond donors (Lipinski definition) is 2. The highest BCUT2D eigenvalue weighted by Gasteiger charge is 2.31. The molecule has 188 valence electrons. The van der Waals surface area contributed by atoms with E-state index in [-0.39, 0.29) is 11.8 Å². The lowest BCUT2D eigenvalue weighted by atomic mass is 9.88. The minimum absolute atomic E-state index is 0.330. The predicted octanol–water partition coefficient (Wildman–Crippen LogP) is 7.14. The summed E-state index contributed by atoms with van der Waals surface area (Å²) < 4.78 is 6.18. The number of imide groups is 1. The molecule has 5 aromatic rings. The third-order valence-electron chi connectivity index (χ3n) is 7.16. The zero-order valence-electron chi connectivity index (χ0n) is 21.6. The van der Waals surface area contributed by atoms with Crippen molar-refractivity contribution in [2.24, 2.45) is 0 Å². The van der Waals surface area contributed by atoms with Gasteiger partial charge >= 0.3 is 0 Å². The molecule has 0 unspecified atom stereocenters. The lowest BCUT2D eigenvalue weighted by molar-refractivity contribution is 0.0879. The predicted molar refractivity (Wildman–Crippen MR) is 151 cm³/mol. The van der Waals surface area contributed by atoms with Gasteiger partial charge in [-0.3, -0.25) is 14.9 Å². The Labute approximate surface area is 221 Å². The van der Waals surface area contributed by atoms with Crippen molar-refractivity contribution in [3.05, 3.63) is 112 Å². The van der Waals surface area contributed by atoms with Crippen molar-refractivity contribution in [3.8, 4) is 28.1 Å². The molecule has 0 spiro atoms. The third kappa shape index (κ3) is 4.06. The van der Waals surface area contributed by atoms with E-state index in [9.17, 15) is 9.59 Å². The van der Waals surface area contributed by atoms with Crippen LogP contribution in [0, 0.1) is 13.8 Å². The number of ether oxygens (including phenoxy) is 1. The van der Waals surface area contributed by atoms with E-state index in [1.54, 1.807) is 6.07 Å². The summed E-state index contributed by atoms with van der Waals surface area (Å²) in [6.45, 7) is 6.68. The summed E-state index contributed by atoms with van der Waals surface area (Å²) in [5.74, 6) is 0.0976. The van der Waals surface area contributed by atoms with Crippen LogP contribution in [-0.2, 0) is 13.0 Å². The Balaban J connectivity index is 1.57. The first-order valence-electron chi connectivity index (χ1n) is 12.9. The van der Waals surface area contributed by atoms with E-state index in [0.29, 0.717) is 24.2 Å².